The highest BCUT2D eigenvalue weighted by Gasteiger charge is 2.40. The van der Waals surface area contributed by atoms with E-state index in [0.29, 0.717) is 22.7 Å². The zero-order valence-electron chi connectivity index (χ0n) is 14.8. The summed E-state index contributed by atoms with van der Waals surface area (Å²) < 4.78 is 5.96. The number of imide groups is 1. The third-order valence-corrected chi connectivity index (χ3v) is 5.66. The Kier molecular flexibility index (Phi) is 5.02. The lowest BCUT2D eigenvalue weighted by Gasteiger charge is -2.15. The van der Waals surface area contributed by atoms with Crippen molar-refractivity contribution < 1.29 is 14.3 Å². The van der Waals surface area contributed by atoms with Crippen molar-refractivity contribution in [2.75, 3.05) is 17.3 Å². The monoisotopic (exact) mass is 454 g/mol. The standard InChI is InChI=1S/C21H15BrN2O3S/c1-27-16-9-7-14(8-10-16)23-19-18(17-6-3-11-28-17)20(25)24(21(19)26)15-5-2-4-13(22)12-15/h2-12,23H,1H3. The number of carbonyl (C=O) groups excluding carboxylic acids is 2. The molecule has 0 spiro atoms. The minimum absolute atomic E-state index is 0.262. The minimum atomic E-state index is -0.387. The second-order valence-corrected chi connectivity index (χ2v) is 7.87. The van der Waals surface area contributed by atoms with Gasteiger partial charge in [-0.1, -0.05) is 28.1 Å². The molecule has 1 aliphatic rings. The van der Waals surface area contributed by atoms with Crippen LogP contribution < -0.4 is 15.0 Å². The summed E-state index contributed by atoms with van der Waals surface area (Å²) in [5.74, 6) is -0.0218. The predicted molar refractivity (Wildman–Crippen MR) is 114 cm³/mol. The van der Waals surface area contributed by atoms with E-state index in [1.807, 2.05) is 23.6 Å². The first-order valence-corrected chi connectivity index (χ1v) is 10.1. The Morgan fingerprint density at radius 2 is 1.79 bits per heavy atom. The fourth-order valence-electron chi connectivity index (χ4n) is 2.96. The van der Waals surface area contributed by atoms with E-state index in [-0.39, 0.29) is 17.5 Å². The summed E-state index contributed by atoms with van der Waals surface area (Å²) in [6.07, 6.45) is 0. The van der Waals surface area contributed by atoms with Crippen LogP contribution in [-0.4, -0.2) is 18.9 Å². The number of nitrogens with zero attached hydrogens (tertiary/aromatic N) is 1. The van der Waals surface area contributed by atoms with E-state index >= 15 is 0 Å². The van der Waals surface area contributed by atoms with Crippen LogP contribution in [0.3, 0.4) is 0 Å². The molecule has 0 saturated carbocycles. The van der Waals surface area contributed by atoms with Gasteiger partial charge in [0.25, 0.3) is 11.8 Å². The lowest BCUT2D eigenvalue weighted by Crippen LogP contribution is -2.32. The van der Waals surface area contributed by atoms with Crippen molar-refractivity contribution in [2.45, 2.75) is 0 Å². The number of halogens is 1. The van der Waals surface area contributed by atoms with E-state index < -0.39 is 0 Å². The number of anilines is 2. The van der Waals surface area contributed by atoms with Crippen molar-refractivity contribution in [3.05, 3.63) is 81.1 Å². The first kappa shape index (κ1) is 18.5. The van der Waals surface area contributed by atoms with Crippen LogP contribution in [0.2, 0.25) is 0 Å². The minimum Gasteiger partial charge on any atom is -0.497 e. The van der Waals surface area contributed by atoms with Gasteiger partial charge >= 0.3 is 0 Å². The molecule has 0 saturated heterocycles. The summed E-state index contributed by atoms with van der Waals surface area (Å²) in [5.41, 5.74) is 1.85. The summed E-state index contributed by atoms with van der Waals surface area (Å²) in [6.45, 7) is 0. The summed E-state index contributed by atoms with van der Waals surface area (Å²) in [5, 5.41) is 5.01. The van der Waals surface area contributed by atoms with Gasteiger partial charge in [0.15, 0.2) is 0 Å². The molecule has 2 aromatic carbocycles. The molecule has 0 aliphatic carbocycles. The second-order valence-electron chi connectivity index (χ2n) is 6.01. The van der Waals surface area contributed by atoms with Gasteiger partial charge in [-0.2, -0.15) is 0 Å². The fraction of sp³-hybridized carbons (Fsp3) is 0.0476. The van der Waals surface area contributed by atoms with E-state index in [2.05, 4.69) is 21.2 Å². The van der Waals surface area contributed by atoms with Gasteiger partial charge in [-0.25, -0.2) is 4.90 Å². The van der Waals surface area contributed by atoms with Crippen molar-refractivity contribution in [3.63, 3.8) is 0 Å². The van der Waals surface area contributed by atoms with Gasteiger partial charge in [-0.15, -0.1) is 11.3 Å². The number of hydrogen-bond acceptors (Lipinski definition) is 5. The Bertz CT molecular complexity index is 1080. The highest BCUT2D eigenvalue weighted by molar-refractivity contribution is 9.10. The number of amides is 2. The summed E-state index contributed by atoms with van der Waals surface area (Å²) in [4.78, 5) is 28.4. The van der Waals surface area contributed by atoms with Crippen LogP contribution in [0.5, 0.6) is 5.75 Å². The summed E-state index contributed by atoms with van der Waals surface area (Å²) in [6, 6.07) is 18.0. The lowest BCUT2D eigenvalue weighted by molar-refractivity contribution is -0.120. The van der Waals surface area contributed by atoms with Crippen molar-refractivity contribution in [3.8, 4) is 5.75 Å². The van der Waals surface area contributed by atoms with Crippen molar-refractivity contribution in [2.24, 2.45) is 0 Å². The molecule has 2 amide bonds. The molecule has 0 unspecified atom stereocenters. The third-order valence-electron chi connectivity index (χ3n) is 4.28. The van der Waals surface area contributed by atoms with Crippen molar-refractivity contribution in [1.82, 2.24) is 0 Å². The van der Waals surface area contributed by atoms with E-state index in [1.165, 1.54) is 16.2 Å². The molecule has 0 fully saturated rings. The maximum absolute atomic E-state index is 13.2. The highest BCUT2D eigenvalue weighted by atomic mass is 79.9. The number of benzene rings is 2. The van der Waals surface area contributed by atoms with Gasteiger partial charge in [-0.05, 0) is 53.9 Å². The molecule has 1 N–H and O–H groups in total. The number of hydrogen-bond donors (Lipinski definition) is 1. The number of methoxy groups -OCH3 is 1. The van der Waals surface area contributed by atoms with Crippen LogP contribution in [0.1, 0.15) is 4.88 Å². The summed E-state index contributed by atoms with van der Waals surface area (Å²) >= 11 is 4.82. The molecular formula is C21H15BrN2O3S. The topological polar surface area (TPSA) is 58.6 Å². The molecule has 2 heterocycles. The van der Waals surface area contributed by atoms with Gasteiger partial charge in [0, 0.05) is 15.0 Å². The van der Waals surface area contributed by atoms with Crippen LogP contribution in [0, 0.1) is 0 Å². The van der Waals surface area contributed by atoms with Crippen LogP contribution in [0.4, 0.5) is 11.4 Å². The van der Waals surface area contributed by atoms with E-state index in [1.54, 1.807) is 49.6 Å². The molecule has 0 bridgehead atoms. The average Bonchev–Trinajstić information content (AvgIpc) is 3.29. The molecule has 1 aromatic heterocycles. The fourth-order valence-corrected chi connectivity index (χ4v) is 4.12. The third kappa shape index (κ3) is 3.34. The Hall–Kier alpha value is -2.90. The van der Waals surface area contributed by atoms with Crippen molar-refractivity contribution in [1.29, 1.82) is 0 Å². The normalized spacial score (nSPS) is 14.0. The van der Waals surface area contributed by atoms with Crippen LogP contribution >= 0.6 is 27.3 Å². The van der Waals surface area contributed by atoms with Gasteiger partial charge in [0.1, 0.15) is 11.4 Å². The van der Waals surface area contributed by atoms with Crippen LogP contribution in [-0.2, 0) is 9.59 Å². The van der Waals surface area contributed by atoms with Gasteiger partial charge < -0.3 is 10.1 Å². The molecule has 4 rings (SSSR count). The molecular weight excluding hydrogens is 440 g/mol. The van der Waals surface area contributed by atoms with Crippen molar-refractivity contribution >= 4 is 56.0 Å². The molecule has 1 aliphatic heterocycles. The van der Waals surface area contributed by atoms with Crippen LogP contribution in [0.15, 0.2) is 76.2 Å². The Labute approximate surface area is 174 Å². The Balaban J connectivity index is 1.77. The van der Waals surface area contributed by atoms with Gasteiger partial charge in [0.05, 0.1) is 18.4 Å². The zero-order chi connectivity index (χ0) is 19.7. The first-order valence-electron chi connectivity index (χ1n) is 8.42. The number of nitrogens with one attached hydrogen (secondary N) is 1. The average molecular weight is 455 g/mol. The molecule has 0 atom stereocenters. The smallest absolute Gasteiger partial charge is 0.282 e. The lowest BCUT2D eigenvalue weighted by atomic mass is 10.2. The van der Waals surface area contributed by atoms with E-state index in [4.69, 9.17) is 4.74 Å². The number of rotatable bonds is 5. The zero-order valence-corrected chi connectivity index (χ0v) is 17.2. The molecule has 140 valence electrons. The Morgan fingerprint density at radius 1 is 1.00 bits per heavy atom. The molecule has 28 heavy (non-hydrogen) atoms. The highest BCUT2D eigenvalue weighted by Crippen LogP contribution is 2.36. The second kappa shape index (κ2) is 7.61. The molecule has 5 nitrogen and oxygen atoms in total. The van der Waals surface area contributed by atoms with E-state index in [0.717, 1.165) is 9.35 Å². The maximum Gasteiger partial charge on any atom is 0.282 e. The van der Waals surface area contributed by atoms with Crippen LogP contribution in [0.25, 0.3) is 5.57 Å². The first-order chi connectivity index (χ1) is 13.6. The number of ether oxygens (including phenoxy) is 1. The SMILES string of the molecule is COc1ccc(NC2=C(c3cccs3)C(=O)N(c3cccc(Br)c3)C2=O)cc1. The molecule has 7 heteroatoms. The Morgan fingerprint density at radius 3 is 2.43 bits per heavy atom. The largest absolute Gasteiger partial charge is 0.497 e. The number of carbonyl (C=O) groups is 2. The summed E-state index contributed by atoms with van der Waals surface area (Å²) in [7, 11) is 1.59. The number of thiophene rings is 1. The predicted octanol–water partition coefficient (Wildman–Crippen LogP) is 4.92. The maximum atomic E-state index is 13.2. The molecule has 3 aromatic rings. The quantitative estimate of drug-likeness (QED) is 0.556. The van der Waals surface area contributed by atoms with Gasteiger partial charge in [0.2, 0.25) is 0 Å². The van der Waals surface area contributed by atoms with Gasteiger partial charge in [-0.3, -0.25) is 9.59 Å². The van der Waals surface area contributed by atoms with E-state index in [9.17, 15) is 9.59 Å². The molecule has 0 radical (unpaired) electrons.